The number of rotatable bonds is 5. The van der Waals surface area contributed by atoms with Gasteiger partial charge in [-0.1, -0.05) is 0 Å². The van der Waals surface area contributed by atoms with Crippen LogP contribution in [0.25, 0.3) is 0 Å². The number of amides is 2. The molecule has 0 fully saturated rings. The minimum Gasteiger partial charge on any atom is -0.490 e. The predicted octanol–water partition coefficient (Wildman–Crippen LogP) is 2.04. The largest absolute Gasteiger partial charge is 0.490 e. The van der Waals surface area contributed by atoms with Crippen LogP contribution in [0.5, 0.6) is 5.75 Å². The average molecular weight is 319 g/mol. The van der Waals surface area contributed by atoms with Crippen LogP contribution in [0.15, 0.2) is 29.4 Å². The molecule has 1 aromatic carbocycles. The number of hydrogen-bond donors (Lipinski definition) is 3. The molecule has 22 heavy (non-hydrogen) atoms. The molecule has 8 heteroatoms. The maximum Gasteiger partial charge on any atom is 0.319 e. The number of nitrogens with one attached hydrogen (secondary N) is 3. The van der Waals surface area contributed by atoms with Crippen LogP contribution in [0.2, 0.25) is 0 Å². The standard InChI is InChI=1S/C14H17N5O2S/c1-9-6-10-7-11(2-3-12(10)21-9)17-14(20)15-4-5-22-13-8-16-19-18-13/h2-3,7-9H,4-6H2,1H3,(H2,15,17,20)(H,16,18,19). The van der Waals surface area contributed by atoms with Gasteiger partial charge in [0, 0.05) is 24.4 Å². The summed E-state index contributed by atoms with van der Waals surface area (Å²) in [5.41, 5.74) is 1.91. The van der Waals surface area contributed by atoms with Crippen molar-refractivity contribution in [1.29, 1.82) is 0 Å². The number of aromatic nitrogens is 3. The normalized spacial score (nSPS) is 16.0. The van der Waals surface area contributed by atoms with Crippen molar-refractivity contribution in [2.75, 3.05) is 17.6 Å². The third-order valence-electron chi connectivity index (χ3n) is 3.18. The number of urea groups is 1. The summed E-state index contributed by atoms with van der Waals surface area (Å²) >= 11 is 1.53. The molecule has 7 nitrogen and oxygen atoms in total. The van der Waals surface area contributed by atoms with Crippen LogP contribution in [-0.2, 0) is 6.42 Å². The summed E-state index contributed by atoms with van der Waals surface area (Å²) in [6.07, 6.45) is 2.73. The highest BCUT2D eigenvalue weighted by atomic mass is 32.2. The van der Waals surface area contributed by atoms with Crippen molar-refractivity contribution in [2.24, 2.45) is 0 Å². The van der Waals surface area contributed by atoms with Gasteiger partial charge in [0.1, 0.15) is 16.9 Å². The van der Waals surface area contributed by atoms with Gasteiger partial charge in [0.2, 0.25) is 0 Å². The number of ether oxygens (including phenoxy) is 1. The fourth-order valence-corrected chi connectivity index (χ4v) is 2.90. The molecule has 0 saturated carbocycles. The molecule has 1 aromatic heterocycles. The van der Waals surface area contributed by atoms with E-state index in [0.29, 0.717) is 6.54 Å². The molecule has 0 bridgehead atoms. The van der Waals surface area contributed by atoms with Gasteiger partial charge in [-0.15, -0.1) is 16.9 Å². The number of hydrogen-bond acceptors (Lipinski definition) is 5. The molecular weight excluding hydrogens is 302 g/mol. The zero-order valence-corrected chi connectivity index (χ0v) is 12.9. The van der Waals surface area contributed by atoms with Crippen LogP contribution in [0, 0.1) is 0 Å². The van der Waals surface area contributed by atoms with Crippen molar-refractivity contribution >= 4 is 23.5 Å². The van der Waals surface area contributed by atoms with Crippen molar-refractivity contribution in [3.63, 3.8) is 0 Å². The maximum atomic E-state index is 11.8. The molecule has 116 valence electrons. The van der Waals surface area contributed by atoms with Gasteiger partial charge in [0.15, 0.2) is 0 Å². The maximum absolute atomic E-state index is 11.8. The predicted molar refractivity (Wildman–Crippen MR) is 84.4 cm³/mol. The highest BCUT2D eigenvalue weighted by molar-refractivity contribution is 7.99. The summed E-state index contributed by atoms with van der Waals surface area (Å²) in [6.45, 7) is 2.58. The number of thioether (sulfide) groups is 1. The molecule has 3 rings (SSSR count). The molecule has 1 aliphatic rings. The lowest BCUT2D eigenvalue weighted by atomic mass is 10.1. The molecule has 1 aliphatic heterocycles. The van der Waals surface area contributed by atoms with Crippen molar-refractivity contribution in [3.8, 4) is 5.75 Å². The Bertz CT molecular complexity index is 647. The lowest BCUT2D eigenvalue weighted by molar-refractivity contribution is 0.252. The minimum absolute atomic E-state index is 0.202. The van der Waals surface area contributed by atoms with Crippen LogP contribution >= 0.6 is 11.8 Å². The van der Waals surface area contributed by atoms with Crippen molar-refractivity contribution < 1.29 is 9.53 Å². The summed E-state index contributed by atoms with van der Waals surface area (Å²) in [5, 5.41) is 16.6. The van der Waals surface area contributed by atoms with E-state index >= 15 is 0 Å². The Morgan fingerprint density at radius 1 is 1.55 bits per heavy atom. The number of H-pyrrole nitrogens is 1. The lowest BCUT2D eigenvalue weighted by Crippen LogP contribution is -2.30. The molecule has 1 unspecified atom stereocenters. The Morgan fingerprint density at radius 2 is 2.45 bits per heavy atom. The lowest BCUT2D eigenvalue weighted by Gasteiger charge is -2.08. The second-order valence-corrected chi connectivity index (χ2v) is 6.11. The number of fused-ring (bicyclic) bond motifs is 1. The van der Waals surface area contributed by atoms with E-state index in [9.17, 15) is 4.79 Å². The highest BCUT2D eigenvalue weighted by Gasteiger charge is 2.19. The fourth-order valence-electron chi connectivity index (χ4n) is 2.26. The quantitative estimate of drug-likeness (QED) is 0.579. The van der Waals surface area contributed by atoms with E-state index in [0.717, 1.165) is 34.2 Å². The molecule has 0 radical (unpaired) electrons. The number of benzene rings is 1. The minimum atomic E-state index is -0.215. The summed E-state index contributed by atoms with van der Waals surface area (Å²) < 4.78 is 5.64. The Balaban J connectivity index is 1.43. The summed E-state index contributed by atoms with van der Waals surface area (Å²) in [7, 11) is 0. The van der Waals surface area contributed by atoms with E-state index in [1.165, 1.54) is 11.8 Å². The first-order valence-electron chi connectivity index (χ1n) is 7.04. The van der Waals surface area contributed by atoms with Crippen LogP contribution < -0.4 is 15.4 Å². The molecule has 0 aliphatic carbocycles. The Morgan fingerprint density at radius 3 is 3.27 bits per heavy atom. The molecule has 2 heterocycles. The molecule has 0 spiro atoms. The zero-order chi connectivity index (χ0) is 15.4. The van der Waals surface area contributed by atoms with E-state index in [2.05, 4.69) is 26.0 Å². The van der Waals surface area contributed by atoms with Gasteiger partial charge in [-0.3, -0.25) is 0 Å². The number of carbonyl (C=O) groups is 1. The summed E-state index contributed by atoms with van der Waals surface area (Å²) in [5.74, 6) is 1.64. The smallest absolute Gasteiger partial charge is 0.319 e. The van der Waals surface area contributed by atoms with Gasteiger partial charge in [-0.05, 0) is 30.7 Å². The van der Waals surface area contributed by atoms with Crippen molar-refractivity contribution in [3.05, 3.63) is 30.0 Å². The molecular formula is C14H17N5O2S. The van der Waals surface area contributed by atoms with Gasteiger partial charge >= 0.3 is 6.03 Å². The first-order chi connectivity index (χ1) is 10.7. The number of carbonyl (C=O) groups excluding carboxylic acids is 1. The summed E-state index contributed by atoms with van der Waals surface area (Å²) in [4.78, 5) is 11.8. The SMILES string of the molecule is CC1Cc2cc(NC(=O)NCCSc3cn[nH]n3)ccc2O1. The molecule has 3 N–H and O–H groups in total. The van der Waals surface area contributed by atoms with Gasteiger partial charge in [0.25, 0.3) is 0 Å². The second-order valence-electron chi connectivity index (χ2n) is 4.99. The molecule has 0 saturated heterocycles. The fraction of sp³-hybridized carbons (Fsp3) is 0.357. The first-order valence-corrected chi connectivity index (χ1v) is 8.02. The van der Waals surface area contributed by atoms with E-state index in [4.69, 9.17) is 4.74 Å². The first kappa shape index (κ1) is 14.7. The molecule has 2 amide bonds. The van der Waals surface area contributed by atoms with E-state index in [1.807, 2.05) is 25.1 Å². The van der Waals surface area contributed by atoms with Crippen LogP contribution in [0.1, 0.15) is 12.5 Å². The third-order valence-corrected chi connectivity index (χ3v) is 4.09. The van der Waals surface area contributed by atoms with Crippen LogP contribution in [0.4, 0.5) is 10.5 Å². The Hall–Kier alpha value is -2.22. The Labute approximate surface area is 132 Å². The number of nitrogens with zero attached hydrogens (tertiary/aromatic N) is 2. The van der Waals surface area contributed by atoms with Crippen molar-refractivity contribution in [2.45, 2.75) is 24.5 Å². The molecule has 2 aromatic rings. The molecule has 1 atom stereocenters. The topological polar surface area (TPSA) is 91.9 Å². The average Bonchev–Trinajstić information content (AvgIpc) is 3.11. The van der Waals surface area contributed by atoms with Gasteiger partial charge in [-0.25, -0.2) is 4.79 Å². The third kappa shape index (κ3) is 3.70. The van der Waals surface area contributed by atoms with Crippen LogP contribution in [0.3, 0.4) is 0 Å². The summed E-state index contributed by atoms with van der Waals surface area (Å²) in [6, 6.07) is 5.49. The number of anilines is 1. The monoisotopic (exact) mass is 319 g/mol. The van der Waals surface area contributed by atoms with Crippen LogP contribution in [-0.4, -0.2) is 39.8 Å². The van der Waals surface area contributed by atoms with Gasteiger partial charge in [0.05, 0.1) is 6.20 Å². The highest BCUT2D eigenvalue weighted by Crippen LogP contribution is 2.30. The zero-order valence-electron chi connectivity index (χ0n) is 12.1. The van der Waals surface area contributed by atoms with Crippen molar-refractivity contribution in [1.82, 2.24) is 20.7 Å². The Kier molecular flexibility index (Phi) is 4.47. The van der Waals surface area contributed by atoms with Gasteiger partial charge in [-0.2, -0.15) is 10.3 Å². The van der Waals surface area contributed by atoms with E-state index in [1.54, 1.807) is 6.20 Å². The second kappa shape index (κ2) is 6.69. The van der Waals surface area contributed by atoms with E-state index < -0.39 is 0 Å². The van der Waals surface area contributed by atoms with E-state index in [-0.39, 0.29) is 12.1 Å². The van der Waals surface area contributed by atoms with Gasteiger partial charge < -0.3 is 15.4 Å². The number of aromatic amines is 1.